The molecule has 5 heteroatoms. The van der Waals surface area contributed by atoms with Gasteiger partial charge in [-0.25, -0.2) is 0 Å². The number of carbonyl (C=O) groups excluding carboxylic acids is 1. The van der Waals surface area contributed by atoms with Crippen LogP contribution in [0.1, 0.15) is 5.56 Å². The van der Waals surface area contributed by atoms with E-state index in [4.69, 9.17) is 9.47 Å². The van der Waals surface area contributed by atoms with Gasteiger partial charge in [-0.05, 0) is 18.2 Å². The van der Waals surface area contributed by atoms with Crippen LogP contribution in [-0.4, -0.2) is 39.3 Å². The van der Waals surface area contributed by atoms with Gasteiger partial charge in [-0.2, -0.15) is 0 Å². The van der Waals surface area contributed by atoms with Crippen LogP contribution in [0.2, 0.25) is 0 Å². The summed E-state index contributed by atoms with van der Waals surface area (Å²) in [7, 11) is 1.62. The Hall–Kier alpha value is -2.53. The highest BCUT2D eigenvalue weighted by Crippen LogP contribution is 2.27. The van der Waals surface area contributed by atoms with E-state index in [1.807, 2.05) is 48.5 Å². The molecule has 0 aromatic heterocycles. The summed E-state index contributed by atoms with van der Waals surface area (Å²) < 4.78 is 10.7. The van der Waals surface area contributed by atoms with Gasteiger partial charge in [0.15, 0.2) is 0 Å². The van der Waals surface area contributed by atoms with Crippen molar-refractivity contribution in [3.05, 3.63) is 54.1 Å². The molecule has 2 aromatic rings. The first-order valence-corrected chi connectivity index (χ1v) is 8.11. The summed E-state index contributed by atoms with van der Waals surface area (Å²) >= 11 is 0. The number of nitrogens with zero attached hydrogens (tertiary/aromatic N) is 1. The van der Waals surface area contributed by atoms with Crippen molar-refractivity contribution < 1.29 is 14.3 Å². The molecule has 2 aromatic carbocycles. The Morgan fingerprint density at radius 2 is 1.83 bits per heavy atom. The summed E-state index contributed by atoms with van der Waals surface area (Å²) in [6.45, 7) is 3.09. The minimum Gasteiger partial charge on any atom is -0.496 e. The van der Waals surface area contributed by atoms with Crippen molar-refractivity contribution in [1.82, 2.24) is 0 Å². The lowest BCUT2D eigenvalue weighted by Crippen LogP contribution is -2.36. The zero-order chi connectivity index (χ0) is 16.8. The summed E-state index contributed by atoms with van der Waals surface area (Å²) in [5.74, 6) is 0.675. The first-order valence-electron chi connectivity index (χ1n) is 8.11. The molecule has 126 valence electrons. The molecule has 0 atom stereocenters. The molecule has 1 heterocycles. The summed E-state index contributed by atoms with van der Waals surface area (Å²) in [6, 6.07) is 15.5. The number of rotatable bonds is 5. The summed E-state index contributed by atoms with van der Waals surface area (Å²) in [4.78, 5) is 14.7. The molecule has 24 heavy (non-hydrogen) atoms. The zero-order valence-corrected chi connectivity index (χ0v) is 13.8. The number of nitrogens with one attached hydrogen (secondary N) is 1. The smallest absolute Gasteiger partial charge is 0.228 e. The third-order valence-electron chi connectivity index (χ3n) is 4.07. The monoisotopic (exact) mass is 326 g/mol. The molecule has 0 spiro atoms. The molecular formula is C19H22N2O3. The van der Waals surface area contributed by atoms with E-state index in [2.05, 4.69) is 10.2 Å². The Labute approximate surface area is 142 Å². The second kappa shape index (κ2) is 7.84. The number of morpholine rings is 1. The van der Waals surface area contributed by atoms with E-state index in [0.717, 1.165) is 35.8 Å². The van der Waals surface area contributed by atoms with Gasteiger partial charge in [0.1, 0.15) is 5.75 Å². The highest BCUT2D eigenvalue weighted by Gasteiger charge is 2.16. The van der Waals surface area contributed by atoms with E-state index >= 15 is 0 Å². The first-order chi connectivity index (χ1) is 11.8. The zero-order valence-electron chi connectivity index (χ0n) is 13.8. The van der Waals surface area contributed by atoms with Crippen molar-refractivity contribution in [3.63, 3.8) is 0 Å². The highest BCUT2D eigenvalue weighted by atomic mass is 16.5. The second-order valence-electron chi connectivity index (χ2n) is 5.65. The molecule has 1 N–H and O–H groups in total. The summed E-state index contributed by atoms with van der Waals surface area (Å²) in [5, 5.41) is 3.03. The fourth-order valence-electron chi connectivity index (χ4n) is 2.88. The highest BCUT2D eigenvalue weighted by molar-refractivity contribution is 5.95. The SMILES string of the molecule is COc1ccccc1CC(=O)Nc1ccccc1N1CCOCC1. The predicted molar refractivity (Wildman–Crippen MR) is 94.8 cm³/mol. The van der Waals surface area contributed by atoms with Gasteiger partial charge in [-0.15, -0.1) is 0 Å². The maximum absolute atomic E-state index is 12.5. The van der Waals surface area contributed by atoms with Crippen LogP contribution in [-0.2, 0) is 16.0 Å². The Balaban J connectivity index is 1.72. The molecule has 3 rings (SSSR count). The van der Waals surface area contributed by atoms with Gasteiger partial charge >= 0.3 is 0 Å². The lowest BCUT2D eigenvalue weighted by atomic mass is 10.1. The number of hydrogen-bond acceptors (Lipinski definition) is 4. The van der Waals surface area contributed by atoms with E-state index < -0.39 is 0 Å². The van der Waals surface area contributed by atoms with Crippen LogP contribution in [0.5, 0.6) is 5.75 Å². The summed E-state index contributed by atoms with van der Waals surface area (Å²) in [5.41, 5.74) is 2.75. The van der Waals surface area contributed by atoms with Crippen LogP contribution in [0.4, 0.5) is 11.4 Å². The van der Waals surface area contributed by atoms with Crippen molar-refractivity contribution in [1.29, 1.82) is 0 Å². The molecular weight excluding hydrogens is 304 g/mol. The van der Waals surface area contributed by atoms with E-state index in [-0.39, 0.29) is 12.3 Å². The Morgan fingerprint density at radius 3 is 2.62 bits per heavy atom. The Kier molecular flexibility index (Phi) is 5.33. The van der Waals surface area contributed by atoms with Gasteiger partial charge in [0.25, 0.3) is 0 Å². The van der Waals surface area contributed by atoms with E-state index in [0.29, 0.717) is 13.2 Å². The number of amides is 1. The van der Waals surface area contributed by atoms with Crippen molar-refractivity contribution in [3.8, 4) is 5.75 Å². The minimum atomic E-state index is -0.0554. The van der Waals surface area contributed by atoms with Gasteiger partial charge in [0.2, 0.25) is 5.91 Å². The van der Waals surface area contributed by atoms with Crippen molar-refractivity contribution in [2.24, 2.45) is 0 Å². The van der Waals surface area contributed by atoms with Crippen LogP contribution < -0.4 is 15.0 Å². The first kappa shape index (κ1) is 16.3. The lowest BCUT2D eigenvalue weighted by Gasteiger charge is -2.30. The molecule has 1 aliphatic rings. The van der Waals surface area contributed by atoms with Gasteiger partial charge < -0.3 is 19.7 Å². The standard InChI is InChI=1S/C19H22N2O3/c1-23-18-9-5-2-6-15(18)14-19(22)20-16-7-3-4-8-17(16)21-10-12-24-13-11-21/h2-9H,10-14H2,1H3,(H,20,22). The largest absolute Gasteiger partial charge is 0.496 e. The molecule has 0 radical (unpaired) electrons. The number of carbonyl (C=O) groups is 1. The molecule has 1 saturated heterocycles. The van der Waals surface area contributed by atoms with Gasteiger partial charge in [-0.3, -0.25) is 4.79 Å². The van der Waals surface area contributed by atoms with Gasteiger partial charge in [0, 0.05) is 18.7 Å². The third kappa shape index (κ3) is 3.86. The average Bonchev–Trinajstić information content (AvgIpc) is 2.63. The van der Waals surface area contributed by atoms with Crippen molar-refractivity contribution >= 4 is 17.3 Å². The molecule has 1 aliphatic heterocycles. The van der Waals surface area contributed by atoms with Crippen LogP contribution in [0, 0.1) is 0 Å². The Morgan fingerprint density at radius 1 is 1.12 bits per heavy atom. The maximum Gasteiger partial charge on any atom is 0.228 e. The molecule has 0 bridgehead atoms. The van der Waals surface area contributed by atoms with Crippen molar-refractivity contribution in [2.75, 3.05) is 43.6 Å². The van der Waals surface area contributed by atoms with E-state index in [1.54, 1.807) is 7.11 Å². The van der Waals surface area contributed by atoms with Crippen molar-refractivity contribution in [2.45, 2.75) is 6.42 Å². The quantitative estimate of drug-likeness (QED) is 0.918. The molecule has 1 fully saturated rings. The minimum absolute atomic E-state index is 0.0554. The number of para-hydroxylation sites is 3. The predicted octanol–water partition coefficient (Wildman–Crippen LogP) is 2.71. The number of hydrogen-bond donors (Lipinski definition) is 1. The number of ether oxygens (including phenoxy) is 2. The van der Waals surface area contributed by atoms with Gasteiger partial charge in [-0.1, -0.05) is 30.3 Å². The molecule has 5 nitrogen and oxygen atoms in total. The second-order valence-corrected chi connectivity index (χ2v) is 5.65. The normalized spacial score (nSPS) is 14.3. The third-order valence-corrected chi connectivity index (χ3v) is 4.07. The van der Waals surface area contributed by atoms with E-state index in [9.17, 15) is 4.79 Å². The van der Waals surface area contributed by atoms with Crippen LogP contribution in [0.25, 0.3) is 0 Å². The van der Waals surface area contributed by atoms with Crippen LogP contribution in [0.15, 0.2) is 48.5 Å². The fourth-order valence-corrected chi connectivity index (χ4v) is 2.88. The van der Waals surface area contributed by atoms with Crippen LogP contribution >= 0.6 is 0 Å². The van der Waals surface area contributed by atoms with E-state index in [1.165, 1.54) is 0 Å². The fraction of sp³-hybridized carbons (Fsp3) is 0.316. The topological polar surface area (TPSA) is 50.8 Å². The Bertz CT molecular complexity index is 697. The van der Waals surface area contributed by atoms with Crippen LogP contribution in [0.3, 0.4) is 0 Å². The molecule has 0 saturated carbocycles. The molecule has 0 unspecified atom stereocenters. The number of benzene rings is 2. The maximum atomic E-state index is 12.5. The number of anilines is 2. The average molecular weight is 326 g/mol. The molecule has 1 amide bonds. The van der Waals surface area contributed by atoms with Gasteiger partial charge in [0.05, 0.1) is 38.1 Å². The molecule has 0 aliphatic carbocycles. The lowest BCUT2D eigenvalue weighted by molar-refractivity contribution is -0.115. The number of methoxy groups -OCH3 is 1. The summed E-state index contributed by atoms with van der Waals surface area (Å²) in [6.07, 6.45) is 0.279.